The summed E-state index contributed by atoms with van der Waals surface area (Å²) in [5, 5.41) is 0. The van der Waals surface area contributed by atoms with E-state index in [1.807, 2.05) is 37.3 Å². The van der Waals surface area contributed by atoms with E-state index < -0.39 is 16.1 Å². The van der Waals surface area contributed by atoms with E-state index in [0.29, 0.717) is 0 Å². The molecule has 1 atom stereocenters. The summed E-state index contributed by atoms with van der Waals surface area (Å²) in [5.74, 6) is -0.0732. The number of sulfonamides is 1. The predicted molar refractivity (Wildman–Crippen MR) is 94.6 cm³/mol. The predicted octanol–water partition coefficient (Wildman–Crippen LogP) is 3.84. The zero-order valence-electron chi connectivity index (χ0n) is 13.4. The van der Waals surface area contributed by atoms with Gasteiger partial charge in [-0.25, -0.2) is 13.1 Å². The van der Waals surface area contributed by atoms with Crippen molar-refractivity contribution in [3.8, 4) is 0 Å². The van der Waals surface area contributed by atoms with Gasteiger partial charge in [-0.1, -0.05) is 54.6 Å². The van der Waals surface area contributed by atoms with Crippen LogP contribution in [0.5, 0.6) is 0 Å². The van der Waals surface area contributed by atoms with E-state index >= 15 is 0 Å². The van der Waals surface area contributed by atoms with Gasteiger partial charge in [0.2, 0.25) is 0 Å². The molecule has 4 nitrogen and oxygen atoms in total. The average Bonchev–Trinajstić information content (AvgIpc) is 2.55. The Morgan fingerprint density at radius 3 is 2.38 bits per heavy atom. The summed E-state index contributed by atoms with van der Waals surface area (Å²) in [5.41, 5.74) is 4.47. The van der Waals surface area contributed by atoms with Crippen LogP contribution in [-0.4, -0.2) is 8.42 Å². The van der Waals surface area contributed by atoms with Gasteiger partial charge < -0.3 is 4.74 Å². The van der Waals surface area contributed by atoms with Gasteiger partial charge in [0.15, 0.2) is 12.0 Å². The van der Waals surface area contributed by atoms with Crippen LogP contribution in [0.3, 0.4) is 0 Å². The van der Waals surface area contributed by atoms with Gasteiger partial charge in [-0.05, 0) is 31.2 Å². The molecule has 0 amide bonds. The molecule has 0 aliphatic rings. The Hall–Kier alpha value is -2.75. The molecule has 2 aromatic carbocycles. The van der Waals surface area contributed by atoms with Crippen LogP contribution in [0.15, 0.2) is 90.3 Å². The lowest BCUT2D eigenvalue weighted by Crippen LogP contribution is -2.24. The molecule has 0 saturated carbocycles. The van der Waals surface area contributed by atoms with Gasteiger partial charge in [0, 0.05) is 6.08 Å². The van der Waals surface area contributed by atoms with Crippen LogP contribution in [0.1, 0.15) is 17.2 Å². The van der Waals surface area contributed by atoms with Crippen molar-refractivity contribution in [3.05, 3.63) is 96.6 Å². The molecule has 5 heteroatoms. The highest BCUT2D eigenvalue weighted by Gasteiger charge is 2.17. The van der Waals surface area contributed by atoms with Crippen molar-refractivity contribution >= 4 is 10.0 Å². The SMILES string of the molecule is C=C=CC(OC(=C)NS(=O)(=O)c1ccc(C)cc1)c1ccccc1. The van der Waals surface area contributed by atoms with E-state index in [1.165, 1.54) is 12.1 Å². The van der Waals surface area contributed by atoms with Crippen molar-refractivity contribution in [3.63, 3.8) is 0 Å². The summed E-state index contributed by atoms with van der Waals surface area (Å²) >= 11 is 0. The molecule has 0 aromatic heterocycles. The van der Waals surface area contributed by atoms with Crippen LogP contribution in [0.25, 0.3) is 0 Å². The molecule has 0 fully saturated rings. The van der Waals surface area contributed by atoms with Crippen LogP contribution >= 0.6 is 0 Å². The lowest BCUT2D eigenvalue weighted by molar-refractivity contribution is 0.149. The minimum absolute atomic E-state index is 0.0732. The maximum atomic E-state index is 12.3. The number of hydrogen-bond acceptors (Lipinski definition) is 3. The molecule has 1 unspecified atom stereocenters. The zero-order valence-corrected chi connectivity index (χ0v) is 14.2. The Labute approximate surface area is 142 Å². The molecule has 24 heavy (non-hydrogen) atoms. The van der Waals surface area contributed by atoms with Crippen LogP contribution in [0.2, 0.25) is 0 Å². The van der Waals surface area contributed by atoms with Gasteiger partial charge in [0.05, 0.1) is 4.90 Å². The van der Waals surface area contributed by atoms with Crippen molar-refractivity contribution in [2.75, 3.05) is 0 Å². The number of aryl methyl sites for hydroxylation is 1. The van der Waals surface area contributed by atoms with Gasteiger partial charge in [0.1, 0.15) is 0 Å². The maximum Gasteiger partial charge on any atom is 0.264 e. The van der Waals surface area contributed by atoms with Crippen molar-refractivity contribution in [2.45, 2.75) is 17.9 Å². The Morgan fingerprint density at radius 1 is 1.17 bits per heavy atom. The van der Waals surface area contributed by atoms with Crippen molar-refractivity contribution in [1.29, 1.82) is 0 Å². The van der Waals surface area contributed by atoms with Crippen LogP contribution < -0.4 is 4.72 Å². The third-order valence-electron chi connectivity index (χ3n) is 3.25. The quantitative estimate of drug-likeness (QED) is 0.615. The normalized spacial score (nSPS) is 11.9. The molecule has 0 aliphatic carbocycles. The Balaban J connectivity index is 2.13. The minimum atomic E-state index is -3.74. The van der Waals surface area contributed by atoms with Crippen molar-refractivity contribution < 1.29 is 13.2 Å². The Bertz CT molecular complexity index is 849. The zero-order chi connectivity index (χ0) is 17.6. The summed E-state index contributed by atoms with van der Waals surface area (Å²) in [6, 6.07) is 15.8. The molecular weight excluding hydrogens is 322 g/mol. The van der Waals surface area contributed by atoms with Crippen LogP contribution in [0.4, 0.5) is 0 Å². The standard InChI is InChI=1S/C19H19NO3S/c1-4-8-19(17-9-6-5-7-10-17)23-16(3)20-24(21,22)18-13-11-15(2)12-14-18/h5-14,19-20H,1,3H2,2H3. The van der Waals surface area contributed by atoms with Crippen LogP contribution in [-0.2, 0) is 14.8 Å². The smallest absolute Gasteiger partial charge is 0.264 e. The molecule has 0 radical (unpaired) electrons. The largest absolute Gasteiger partial charge is 0.466 e. The highest BCUT2D eigenvalue weighted by molar-refractivity contribution is 7.89. The third-order valence-corrected chi connectivity index (χ3v) is 4.64. The van der Waals surface area contributed by atoms with E-state index in [4.69, 9.17) is 4.74 Å². The van der Waals surface area contributed by atoms with Gasteiger partial charge in [-0.15, -0.1) is 5.73 Å². The molecule has 0 spiro atoms. The molecule has 124 valence electrons. The molecule has 1 N–H and O–H groups in total. The van der Waals surface area contributed by atoms with Crippen molar-refractivity contribution in [2.24, 2.45) is 0 Å². The van der Waals surface area contributed by atoms with E-state index in [2.05, 4.69) is 23.6 Å². The monoisotopic (exact) mass is 341 g/mol. The van der Waals surface area contributed by atoms with Crippen LogP contribution in [0, 0.1) is 6.92 Å². The fourth-order valence-electron chi connectivity index (χ4n) is 2.05. The van der Waals surface area contributed by atoms with E-state index in [0.717, 1.165) is 11.1 Å². The van der Waals surface area contributed by atoms with E-state index in [9.17, 15) is 8.42 Å². The molecule has 0 bridgehead atoms. The minimum Gasteiger partial charge on any atom is -0.466 e. The molecule has 2 rings (SSSR count). The number of hydrogen-bond donors (Lipinski definition) is 1. The summed E-state index contributed by atoms with van der Waals surface area (Å²) in [4.78, 5) is 0.147. The Morgan fingerprint density at radius 2 is 1.79 bits per heavy atom. The first kappa shape index (κ1) is 17.6. The number of ether oxygens (including phenoxy) is 1. The summed E-state index contributed by atoms with van der Waals surface area (Å²) in [6.45, 7) is 9.07. The maximum absolute atomic E-state index is 12.3. The van der Waals surface area contributed by atoms with Gasteiger partial charge >= 0.3 is 0 Å². The summed E-state index contributed by atoms with van der Waals surface area (Å²) < 4.78 is 32.6. The lowest BCUT2D eigenvalue weighted by atomic mass is 10.1. The Kier molecular flexibility index (Phi) is 5.64. The summed E-state index contributed by atoms with van der Waals surface area (Å²) in [6.07, 6.45) is 1.07. The lowest BCUT2D eigenvalue weighted by Gasteiger charge is -2.18. The topological polar surface area (TPSA) is 55.4 Å². The third kappa shape index (κ3) is 4.62. The second kappa shape index (κ2) is 7.68. The van der Waals surface area contributed by atoms with E-state index in [-0.39, 0.29) is 10.8 Å². The van der Waals surface area contributed by atoms with Crippen molar-refractivity contribution in [1.82, 2.24) is 4.72 Å². The van der Waals surface area contributed by atoms with Gasteiger partial charge in [-0.3, -0.25) is 0 Å². The molecular formula is C19H19NO3S. The molecule has 0 saturated heterocycles. The fraction of sp³-hybridized carbons (Fsp3) is 0.105. The van der Waals surface area contributed by atoms with Gasteiger partial charge in [-0.2, -0.15) is 0 Å². The number of rotatable bonds is 7. The molecule has 2 aromatic rings. The molecule has 0 heterocycles. The van der Waals surface area contributed by atoms with Gasteiger partial charge in [0.25, 0.3) is 10.0 Å². The molecule has 0 aliphatic heterocycles. The average molecular weight is 341 g/mol. The first-order valence-corrected chi connectivity index (χ1v) is 8.76. The highest BCUT2D eigenvalue weighted by Crippen LogP contribution is 2.21. The number of benzene rings is 2. The number of nitrogens with one attached hydrogen (secondary N) is 1. The first-order chi connectivity index (χ1) is 11.4. The first-order valence-electron chi connectivity index (χ1n) is 7.28. The summed E-state index contributed by atoms with van der Waals surface area (Å²) in [7, 11) is -3.74. The van der Waals surface area contributed by atoms with E-state index in [1.54, 1.807) is 18.2 Å². The second-order valence-electron chi connectivity index (χ2n) is 5.16. The second-order valence-corrected chi connectivity index (χ2v) is 6.84. The fourth-order valence-corrected chi connectivity index (χ4v) is 3.01. The highest BCUT2D eigenvalue weighted by atomic mass is 32.2.